The fourth-order valence-corrected chi connectivity index (χ4v) is 2.94. The fraction of sp³-hybridized carbons (Fsp3) is 0.316. The Morgan fingerprint density at radius 3 is 2.70 bits per heavy atom. The quantitative estimate of drug-likeness (QED) is 0.619. The SMILES string of the molecule is CCOc1ccccc1NC(=O)c1cc([N+](=O)[O-])ccc1N1CCOCC1. The van der Waals surface area contributed by atoms with Gasteiger partial charge in [0.1, 0.15) is 5.75 Å². The van der Waals surface area contributed by atoms with E-state index in [-0.39, 0.29) is 11.3 Å². The molecule has 1 amide bonds. The third kappa shape index (κ3) is 4.35. The van der Waals surface area contributed by atoms with Crippen molar-refractivity contribution in [2.24, 2.45) is 0 Å². The molecule has 0 bridgehead atoms. The molecule has 3 rings (SSSR count). The van der Waals surface area contributed by atoms with Gasteiger partial charge in [-0.25, -0.2) is 0 Å². The number of hydrogen-bond acceptors (Lipinski definition) is 6. The van der Waals surface area contributed by atoms with Crippen LogP contribution in [-0.4, -0.2) is 43.7 Å². The van der Waals surface area contributed by atoms with Gasteiger partial charge in [-0.15, -0.1) is 0 Å². The van der Waals surface area contributed by atoms with Crippen molar-refractivity contribution >= 4 is 23.0 Å². The van der Waals surface area contributed by atoms with Gasteiger partial charge < -0.3 is 19.7 Å². The minimum atomic E-state index is -0.506. The van der Waals surface area contributed by atoms with Crippen LogP contribution in [0.1, 0.15) is 17.3 Å². The van der Waals surface area contributed by atoms with Crippen LogP contribution in [0.3, 0.4) is 0 Å². The monoisotopic (exact) mass is 371 g/mol. The van der Waals surface area contributed by atoms with E-state index in [2.05, 4.69) is 5.32 Å². The Balaban J connectivity index is 1.94. The Hall–Kier alpha value is -3.13. The number of nitrogens with one attached hydrogen (secondary N) is 1. The predicted molar refractivity (Wildman–Crippen MR) is 102 cm³/mol. The van der Waals surface area contributed by atoms with E-state index in [9.17, 15) is 14.9 Å². The molecule has 0 aromatic heterocycles. The van der Waals surface area contributed by atoms with Crippen LogP contribution in [0.25, 0.3) is 0 Å². The van der Waals surface area contributed by atoms with Crippen molar-refractivity contribution in [3.63, 3.8) is 0 Å². The van der Waals surface area contributed by atoms with Gasteiger partial charge in [0.15, 0.2) is 0 Å². The number of carbonyl (C=O) groups is 1. The lowest BCUT2D eigenvalue weighted by atomic mass is 10.1. The number of anilines is 2. The lowest BCUT2D eigenvalue weighted by Crippen LogP contribution is -2.37. The molecule has 0 radical (unpaired) electrons. The van der Waals surface area contributed by atoms with Crippen molar-refractivity contribution < 1.29 is 19.2 Å². The third-order valence-electron chi connectivity index (χ3n) is 4.22. The van der Waals surface area contributed by atoms with Gasteiger partial charge in [-0.05, 0) is 25.1 Å². The number of ether oxygens (including phenoxy) is 2. The molecular formula is C19H21N3O5. The molecule has 0 unspecified atom stereocenters. The largest absolute Gasteiger partial charge is 0.492 e. The van der Waals surface area contributed by atoms with E-state index in [0.29, 0.717) is 50.0 Å². The van der Waals surface area contributed by atoms with Gasteiger partial charge in [0.25, 0.3) is 11.6 Å². The van der Waals surface area contributed by atoms with Gasteiger partial charge in [-0.3, -0.25) is 14.9 Å². The maximum Gasteiger partial charge on any atom is 0.270 e. The number of carbonyl (C=O) groups excluding carboxylic acids is 1. The number of non-ortho nitro benzene ring substituents is 1. The van der Waals surface area contributed by atoms with Crippen molar-refractivity contribution in [3.8, 4) is 5.75 Å². The molecule has 142 valence electrons. The molecule has 1 fully saturated rings. The van der Waals surface area contributed by atoms with Crippen LogP contribution in [0.2, 0.25) is 0 Å². The van der Waals surface area contributed by atoms with Crippen molar-refractivity contribution in [1.29, 1.82) is 0 Å². The number of amides is 1. The summed E-state index contributed by atoms with van der Waals surface area (Å²) in [5.41, 5.74) is 1.28. The number of benzene rings is 2. The van der Waals surface area contributed by atoms with Crippen LogP contribution >= 0.6 is 0 Å². The van der Waals surface area contributed by atoms with Crippen LogP contribution in [0.15, 0.2) is 42.5 Å². The average molecular weight is 371 g/mol. The van der Waals surface area contributed by atoms with Crippen molar-refractivity contribution in [2.45, 2.75) is 6.92 Å². The average Bonchev–Trinajstić information content (AvgIpc) is 2.70. The van der Waals surface area contributed by atoms with Crippen LogP contribution in [0.5, 0.6) is 5.75 Å². The topological polar surface area (TPSA) is 93.9 Å². The molecule has 1 N–H and O–H groups in total. The number of para-hydroxylation sites is 2. The number of rotatable bonds is 6. The molecule has 2 aromatic rings. The Kier molecular flexibility index (Phi) is 5.87. The van der Waals surface area contributed by atoms with E-state index in [0.717, 1.165) is 0 Å². The molecular weight excluding hydrogens is 350 g/mol. The molecule has 0 aliphatic carbocycles. The molecule has 1 aliphatic rings. The predicted octanol–water partition coefficient (Wildman–Crippen LogP) is 3.08. The zero-order chi connectivity index (χ0) is 19.2. The highest BCUT2D eigenvalue weighted by Gasteiger charge is 2.22. The number of morpholine rings is 1. The summed E-state index contributed by atoms with van der Waals surface area (Å²) >= 11 is 0. The first-order valence-electron chi connectivity index (χ1n) is 8.74. The normalized spacial score (nSPS) is 13.9. The molecule has 2 aromatic carbocycles. The molecule has 0 atom stereocenters. The van der Waals surface area contributed by atoms with E-state index < -0.39 is 10.8 Å². The van der Waals surface area contributed by atoms with Crippen LogP contribution < -0.4 is 15.0 Å². The molecule has 8 nitrogen and oxygen atoms in total. The highest BCUT2D eigenvalue weighted by molar-refractivity contribution is 6.09. The molecule has 0 spiro atoms. The van der Waals surface area contributed by atoms with Gasteiger partial charge in [-0.2, -0.15) is 0 Å². The van der Waals surface area contributed by atoms with E-state index in [4.69, 9.17) is 9.47 Å². The summed E-state index contributed by atoms with van der Waals surface area (Å²) in [6, 6.07) is 11.4. The van der Waals surface area contributed by atoms with Gasteiger partial charge in [0, 0.05) is 25.2 Å². The third-order valence-corrected chi connectivity index (χ3v) is 4.22. The maximum absolute atomic E-state index is 13.0. The minimum absolute atomic E-state index is 0.129. The van der Waals surface area contributed by atoms with Crippen LogP contribution in [-0.2, 0) is 4.74 Å². The first-order valence-corrected chi connectivity index (χ1v) is 8.74. The highest BCUT2D eigenvalue weighted by atomic mass is 16.6. The number of nitro benzene ring substituents is 1. The van der Waals surface area contributed by atoms with Crippen LogP contribution in [0, 0.1) is 10.1 Å². The second kappa shape index (κ2) is 8.50. The zero-order valence-corrected chi connectivity index (χ0v) is 15.0. The van der Waals surface area contributed by atoms with Crippen molar-refractivity contribution in [1.82, 2.24) is 0 Å². The first-order chi connectivity index (χ1) is 13.1. The summed E-state index contributed by atoms with van der Waals surface area (Å²) in [5.74, 6) is 0.124. The molecule has 1 heterocycles. The molecule has 1 aliphatic heterocycles. The minimum Gasteiger partial charge on any atom is -0.492 e. The highest BCUT2D eigenvalue weighted by Crippen LogP contribution is 2.29. The second-order valence-corrected chi connectivity index (χ2v) is 5.94. The number of hydrogen-bond donors (Lipinski definition) is 1. The van der Waals surface area contributed by atoms with Crippen molar-refractivity contribution in [2.75, 3.05) is 43.1 Å². The lowest BCUT2D eigenvalue weighted by Gasteiger charge is -2.30. The fourth-order valence-electron chi connectivity index (χ4n) is 2.94. The standard InChI is InChI=1S/C19H21N3O5/c1-2-27-18-6-4-3-5-16(18)20-19(23)15-13-14(22(24)25)7-8-17(15)21-9-11-26-12-10-21/h3-8,13H,2,9-12H2,1H3,(H,20,23). The summed E-state index contributed by atoms with van der Waals surface area (Å²) in [7, 11) is 0. The Morgan fingerprint density at radius 1 is 1.26 bits per heavy atom. The van der Waals surface area contributed by atoms with E-state index in [1.54, 1.807) is 24.3 Å². The van der Waals surface area contributed by atoms with E-state index in [1.807, 2.05) is 17.9 Å². The van der Waals surface area contributed by atoms with Crippen LogP contribution in [0.4, 0.5) is 17.1 Å². The van der Waals surface area contributed by atoms with Crippen molar-refractivity contribution in [3.05, 3.63) is 58.1 Å². The smallest absolute Gasteiger partial charge is 0.270 e. The summed E-state index contributed by atoms with van der Waals surface area (Å²) in [6.07, 6.45) is 0. The van der Waals surface area contributed by atoms with Gasteiger partial charge in [0.05, 0.1) is 41.7 Å². The van der Waals surface area contributed by atoms with E-state index >= 15 is 0 Å². The first kappa shape index (κ1) is 18.7. The summed E-state index contributed by atoms with van der Waals surface area (Å²) < 4.78 is 10.9. The summed E-state index contributed by atoms with van der Waals surface area (Å²) in [6.45, 7) is 4.65. The Labute approximate surface area is 156 Å². The van der Waals surface area contributed by atoms with E-state index in [1.165, 1.54) is 12.1 Å². The second-order valence-electron chi connectivity index (χ2n) is 5.94. The van der Waals surface area contributed by atoms with Gasteiger partial charge >= 0.3 is 0 Å². The zero-order valence-electron chi connectivity index (χ0n) is 15.0. The summed E-state index contributed by atoms with van der Waals surface area (Å²) in [4.78, 5) is 25.6. The van der Waals surface area contributed by atoms with Gasteiger partial charge in [0.2, 0.25) is 0 Å². The van der Waals surface area contributed by atoms with Gasteiger partial charge in [-0.1, -0.05) is 12.1 Å². The summed E-state index contributed by atoms with van der Waals surface area (Å²) in [5, 5.41) is 14.0. The lowest BCUT2D eigenvalue weighted by molar-refractivity contribution is -0.384. The molecule has 0 saturated carbocycles. The number of nitrogens with zero attached hydrogens (tertiary/aromatic N) is 2. The molecule has 8 heteroatoms. The Bertz CT molecular complexity index is 834. The number of nitro groups is 1. The molecule has 1 saturated heterocycles. The Morgan fingerprint density at radius 2 is 2.00 bits per heavy atom. The molecule has 27 heavy (non-hydrogen) atoms. The maximum atomic E-state index is 13.0.